The largest absolute Gasteiger partial charge is 0.508 e. The quantitative estimate of drug-likeness (QED) is 0.126. The van der Waals surface area contributed by atoms with Crippen LogP contribution < -0.4 is 14.5 Å². The first-order valence-corrected chi connectivity index (χ1v) is 20.9. The molecule has 59 heavy (non-hydrogen) atoms. The zero-order valence-electron chi connectivity index (χ0n) is 32.5. The zero-order valence-corrected chi connectivity index (χ0v) is 34.0. The SMILES string of the molecule is Cc1c(-c2cc(N3C(=O)C4CC5C(=CCC6C(=O)N(c7ccccc7)C(=O)C65)C(c5ccc(OCc6ccccc6)cc5O)C4(C)C3=O)n(C)n2)sc2ccc(Cl)cc12. The van der Waals surface area contributed by atoms with Crippen LogP contribution in [0, 0.1) is 36.0 Å². The number of thiophene rings is 1. The van der Waals surface area contributed by atoms with Gasteiger partial charge in [0.05, 0.1) is 33.7 Å². The first-order chi connectivity index (χ1) is 28.4. The number of carbonyl (C=O) groups excluding carboxylic acids is 4. The molecule has 10 nitrogen and oxygen atoms in total. The molecule has 12 heteroatoms. The summed E-state index contributed by atoms with van der Waals surface area (Å²) < 4.78 is 8.67. The number of benzene rings is 4. The van der Waals surface area contributed by atoms with E-state index in [1.165, 1.54) is 9.80 Å². The molecule has 6 atom stereocenters. The number of halogens is 1. The Kier molecular flexibility index (Phi) is 8.70. The van der Waals surface area contributed by atoms with Crippen molar-refractivity contribution in [1.82, 2.24) is 9.78 Å². The van der Waals surface area contributed by atoms with Gasteiger partial charge in [-0.2, -0.15) is 5.10 Å². The van der Waals surface area contributed by atoms with Crippen LogP contribution in [-0.2, 0) is 32.8 Å². The summed E-state index contributed by atoms with van der Waals surface area (Å²) in [6.45, 7) is 4.10. The van der Waals surface area contributed by atoms with Gasteiger partial charge < -0.3 is 9.84 Å². The van der Waals surface area contributed by atoms with Gasteiger partial charge in [0.25, 0.3) is 0 Å². The summed E-state index contributed by atoms with van der Waals surface area (Å²) in [4.78, 5) is 62.2. The van der Waals surface area contributed by atoms with Crippen molar-refractivity contribution in [3.8, 4) is 22.1 Å². The Hall–Kier alpha value is -6.04. The molecule has 6 aromatic rings. The summed E-state index contributed by atoms with van der Waals surface area (Å²) in [5, 5.41) is 18.3. The molecule has 10 rings (SSSR count). The van der Waals surface area contributed by atoms with E-state index in [1.54, 1.807) is 78.5 Å². The number of aromatic hydroxyl groups is 1. The number of aromatic nitrogens is 2. The molecule has 2 aliphatic carbocycles. The molecule has 4 aliphatic rings. The van der Waals surface area contributed by atoms with Crippen molar-refractivity contribution in [3.63, 3.8) is 0 Å². The lowest BCUT2D eigenvalue weighted by Crippen LogP contribution is -2.49. The highest BCUT2D eigenvalue weighted by Gasteiger charge is 2.68. The number of para-hydroxylation sites is 1. The van der Waals surface area contributed by atoms with Crippen molar-refractivity contribution in [2.75, 3.05) is 9.80 Å². The number of rotatable bonds is 7. The number of hydrogen-bond acceptors (Lipinski definition) is 8. The Morgan fingerprint density at radius 2 is 1.63 bits per heavy atom. The summed E-state index contributed by atoms with van der Waals surface area (Å²) in [6.07, 6.45) is 2.45. The number of imide groups is 2. The van der Waals surface area contributed by atoms with Crippen molar-refractivity contribution in [3.05, 3.63) is 136 Å². The highest BCUT2D eigenvalue weighted by atomic mass is 35.5. The molecule has 4 amide bonds. The van der Waals surface area contributed by atoms with Crippen LogP contribution >= 0.6 is 22.9 Å². The minimum atomic E-state index is -1.37. The summed E-state index contributed by atoms with van der Waals surface area (Å²) in [6, 6.07) is 31.2. The number of amides is 4. The van der Waals surface area contributed by atoms with E-state index in [-0.39, 0.29) is 37.0 Å². The summed E-state index contributed by atoms with van der Waals surface area (Å²) in [5.41, 5.74) is 2.94. The van der Waals surface area contributed by atoms with E-state index in [9.17, 15) is 14.7 Å². The lowest BCUT2D eigenvalue weighted by atomic mass is 9.51. The van der Waals surface area contributed by atoms with Gasteiger partial charge in [-0.3, -0.25) is 28.8 Å². The highest BCUT2D eigenvalue weighted by molar-refractivity contribution is 7.22. The lowest BCUT2D eigenvalue weighted by Gasteiger charge is -2.49. The van der Waals surface area contributed by atoms with Gasteiger partial charge in [0, 0.05) is 40.4 Å². The van der Waals surface area contributed by atoms with Crippen molar-refractivity contribution in [1.29, 1.82) is 0 Å². The fourth-order valence-corrected chi connectivity index (χ4v) is 11.5. The maximum absolute atomic E-state index is 15.3. The minimum Gasteiger partial charge on any atom is -0.508 e. The topological polar surface area (TPSA) is 122 Å². The summed E-state index contributed by atoms with van der Waals surface area (Å²) >= 11 is 7.91. The second-order valence-electron chi connectivity index (χ2n) is 16.2. The third kappa shape index (κ3) is 5.62. The first-order valence-electron chi connectivity index (χ1n) is 19.7. The number of nitrogens with zero attached hydrogens (tertiary/aromatic N) is 4. The number of phenolic OH excluding ortho intramolecular Hbond substituents is 1. The molecule has 296 valence electrons. The van der Waals surface area contributed by atoms with Crippen LogP contribution in [0.5, 0.6) is 11.5 Å². The molecule has 0 bridgehead atoms. The molecule has 1 saturated carbocycles. The Balaban J connectivity index is 1.07. The maximum Gasteiger partial charge on any atom is 0.242 e. The van der Waals surface area contributed by atoms with Crippen LogP contribution in [0.4, 0.5) is 11.5 Å². The third-order valence-electron chi connectivity index (χ3n) is 13.1. The van der Waals surface area contributed by atoms with Crippen LogP contribution in [0.25, 0.3) is 20.7 Å². The van der Waals surface area contributed by atoms with Gasteiger partial charge >= 0.3 is 0 Å². The van der Waals surface area contributed by atoms with Crippen LogP contribution in [-0.4, -0.2) is 38.5 Å². The third-order valence-corrected chi connectivity index (χ3v) is 14.6. The van der Waals surface area contributed by atoms with Crippen LogP contribution in [0.3, 0.4) is 0 Å². The fraction of sp³-hybridized carbons (Fsp3) is 0.255. The zero-order chi connectivity index (χ0) is 40.9. The van der Waals surface area contributed by atoms with Crippen molar-refractivity contribution >= 4 is 68.2 Å². The number of carbonyl (C=O) groups is 4. The Bertz CT molecular complexity index is 2780. The van der Waals surface area contributed by atoms with Crippen molar-refractivity contribution in [2.24, 2.45) is 36.1 Å². The Labute approximate surface area is 349 Å². The smallest absolute Gasteiger partial charge is 0.242 e. The van der Waals surface area contributed by atoms with Crippen molar-refractivity contribution in [2.45, 2.75) is 39.2 Å². The fourth-order valence-electron chi connectivity index (χ4n) is 10.2. The van der Waals surface area contributed by atoms with E-state index in [0.717, 1.165) is 31.7 Å². The predicted octanol–water partition coefficient (Wildman–Crippen LogP) is 8.98. The molecule has 0 radical (unpaired) electrons. The summed E-state index contributed by atoms with van der Waals surface area (Å²) in [5.74, 6) is -4.32. The van der Waals surface area contributed by atoms with Gasteiger partial charge in [0.1, 0.15) is 29.6 Å². The number of hydrogen-bond donors (Lipinski definition) is 1. The van der Waals surface area contributed by atoms with Crippen LogP contribution in [0.15, 0.2) is 115 Å². The van der Waals surface area contributed by atoms with E-state index >= 15 is 9.59 Å². The normalized spacial score (nSPS) is 25.0. The van der Waals surface area contributed by atoms with Gasteiger partial charge in [-0.15, -0.1) is 11.3 Å². The van der Waals surface area contributed by atoms with E-state index in [0.29, 0.717) is 33.5 Å². The van der Waals surface area contributed by atoms with Gasteiger partial charge in [-0.25, -0.2) is 4.90 Å². The monoisotopic (exact) mass is 822 g/mol. The van der Waals surface area contributed by atoms with E-state index in [1.807, 2.05) is 67.6 Å². The Morgan fingerprint density at radius 1 is 0.881 bits per heavy atom. The number of anilines is 2. The molecular formula is C47H39ClN4O6S. The molecule has 1 N–H and O–H groups in total. The molecule has 2 aliphatic heterocycles. The maximum atomic E-state index is 15.3. The second-order valence-corrected chi connectivity index (χ2v) is 17.7. The van der Waals surface area contributed by atoms with Gasteiger partial charge in [-0.1, -0.05) is 77.8 Å². The molecule has 2 aromatic heterocycles. The molecule has 0 spiro atoms. The van der Waals surface area contributed by atoms with Gasteiger partial charge in [-0.05, 0) is 85.5 Å². The molecule has 4 heterocycles. The number of aryl methyl sites for hydroxylation is 2. The predicted molar refractivity (Wildman–Crippen MR) is 226 cm³/mol. The lowest BCUT2D eigenvalue weighted by molar-refractivity contribution is -0.131. The minimum absolute atomic E-state index is 0.0918. The number of fused-ring (bicyclic) bond motifs is 5. The Morgan fingerprint density at radius 3 is 2.37 bits per heavy atom. The van der Waals surface area contributed by atoms with E-state index in [2.05, 4.69) is 0 Å². The van der Waals surface area contributed by atoms with Gasteiger partial charge in [0.15, 0.2) is 0 Å². The number of allylic oxidation sites excluding steroid dienone is 2. The molecular weight excluding hydrogens is 784 g/mol. The summed E-state index contributed by atoms with van der Waals surface area (Å²) in [7, 11) is 1.72. The average molecular weight is 823 g/mol. The molecule has 3 fully saturated rings. The molecule has 4 aromatic carbocycles. The number of phenols is 1. The first kappa shape index (κ1) is 37.2. The second kappa shape index (κ2) is 13.8. The molecule has 6 unspecified atom stereocenters. The van der Waals surface area contributed by atoms with Crippen LogP contribution in [0.2, 0.25) is 5.02 Å². The van der Waals surface area contributed by atoms with Crippen LogP contribution in [0.1, 0.15) is 42.4 Å². The van der Waals surface area contributed by atoms with E-state index in [4.69, 9.17) is 21.4 Å². The van der Waals surface area contributed by atoms with E-state index < -0.39 is 46.8 Å². The number of ether oxygens (including phenoxy) is 1. The highest BCUT2D eigenvalue weighted by Crippen LogP contribution is 2.64. The molecule has 2 saturated heterocycles. The van der Waals surface area contributed by atoms with Crippen molar-refractivity contribution < 1.29 is 29.0 Å². The van der Waals surface area contributed by atoms with Gasteiger partial charge in [0.2, 0.25) is 23.6 Å². The average Bonchev–Trinajstić information content (AvgIpc) is 3.91. The standard InChI is InChI=1S/C47H39ClN4O6S/c1-25-33-20-27(48)14-19-38(33)59-42(25)36-23-39(50(3)49-36)52-44(55)35-22-34-30(17-18-32-40(34)45(56)51(43(32)54)28-12-8-5-9-13-28)41(47(35,2)46(52)57)31-16-15-29(21-37(31)53)58-24-26-10-6-4-7-11-26/h4-17,19-21,23,32,34-35,40-41,53H,18,22,24H2,1-3H3.